The van der Waals surface area contributed by atoms with Crippen LogP contribution in [0.25, 0.3) is 0 Å². The lowest BCUT2D eigenvalue weighted by atomic mass is 9.75. The van der Waals surface area contributed by atoms with Crippen LogP contribution in [-0.2, 0) is 14.4 Å². The molecule has 0 radical (unpaired) electrons. The number of hydrogen-bond donors (Lipinski definition) is 4. The fourth-order valence-electron chi connectivity index (χ4n) is 1.92. The van der Waals surface area contributed by atoms with Gasteiger partial charge in [-0.3, -0.25) is 9.59 Å². The first-order valence-electron chi connectivity index (χ1n) is 5.92. The van der Waals surface area contributed by atoms with Crippen LogP contribution >= 0.6 is 0 Å². The van der Waals surface area contributed by atoms with Crippen molar-refractivity contribution in [1.82, 2.24) is 5.32 Å². The molecule has 0 aromatic rings. The standard InChI is InChI=1S/C11H19N3O4/c12-8(15)3-2-7(10(17)18)14-9(16)6-11(13)4-1-5-11/h7H,1-6,13H2,(H2,12,15)(H,14,16)(H,17,18). The molecular weight excluding hydrogens is 238 g/mol. The van der Waals surface area contributed by atoms with Crippen molar-refractivity contribution in [2.45, 2.75) is 50.1 Å². The predicted molar refractivity (Wildman–Crippen MR) is 63.4 cm³/mol. The molecule has 1 aliphatic carbocycles. The second-order valence-corrected chi connectivity index (χ2v) is 4.86. The molecule has 1 aliphatic rings. The Kier molecular flexibility index (Phi) is 4.66. The highest BCUT2D eigenvalue weighted by Gasteiger charge is 2.35. The lowest BCUT2D eigenvalue weighted by Gasteiger charge is -2.37. The molecule has 1 rings (SSSR count). The molecule has 1 atom stereocenters. The Bertz CT molecular complexity index is 352. The van der Waals surface area contributed by atoms with Gasteiger partial charge < -0.3 is 21.9 Å². The van der Waals surface area contributed by atoms with E-state index in [9.17, 15) is 14.4 Å². The van der Waals surface area contributed by atoms with Crippen LogP contribution in [-0.4, -0.2) is 34.5 Å². The second-order valence-electron chi connectivity index (χ2n) is 4.86. The number of rotatable bonds is 7. The number of nitrogens with two attached hydrogens (primary N) is 2. The van der Waals surface area contributed by atoms with Crippen molar-refractivity contribution in [2.75, 3.05) is 0 Å². The summed E-state index contributed by atoms with van der Waals surface area (Å²) in [5.74, 6) is -2.16. The predicted octanol–water partition coefficient (Wildman–Crippen LogP) is -0.907. The van der Waals surface area contributed by atoms with Gasteiger partial charge in [-0.15, -0.1) is 0 Å². The van der Waals surface area contributed by atoms with E-state index in [1.54, 1.807) is 0 Å². The smallest absolute Gasteiger partial charge is 0.326 e. The molecular formula is C11H19N3O4. The zero-order chi connectivity index (χ0) is 13.8. The van der Waals surface area contributed by atoms with Crippen molar-refractivity contribution in [3.8, 4) is 0 Å². The van der Waals surface area contributed by atoms with Crippen molar-refractivity contribution < 1.29 is 19.5 Å². The van der Waals surface area contributed by atoms with E-state index < -0.39 is 29.4 Å². The molecule has 1 fully saturated rings. The summed E-state index contributed by atoms with van der Waals surface area (Å²) in [6.07, 6.45) is 2.58. The molecule has 1 unspecified atom stereocenters. The number of aliphatic carboxylic acids is 1. The number of amides is 2. The number of primary amides is 1. The first kappa shape index (κ1) is 14.4. The molecule has 18 heavy (non-hydrogen) atoms. The molecule has 0 saturated heterocycles. The van der Waals surface area contributed by atoms with Crippen LogP contribution in [0.3, 0.4) is 0 Å². The number of carboxylic acids is 1. The van der Waals surface area contributed by atoms with Crippen LogP contribution in [0.4, 0.5) is 0 Å². The van der Waals surface area contributed by atoms with Gasteiger partial charge in [-0.05, 0) is 25.7 Å². The third kappa shape index (κ3) is 4.33. The Hall–Kier alpha value is -1.63. The summed E-state index contributed by atoms with van der Waals surface area (Å²) in [6.45, 7) is 0. The van der Waals surface area contributed by atoms with E-state index in [1.807, 2.05) is 0 Å². The van der Waals surface area contributed by atoms with E-state index in [1.165, 1.54) is 0 Å². The summed E-state index contributed by atoms with van der Waals surface area (Å²) < 4.78 is 0. The van der Waals surface area contributed by atoms with E-state index >= 15 is 0 Å². The summed E-state index contributed by atoms with van der Waals surface area (Å²) >= 11 is 0. The summed E-state index contributed by atoms with van der Waals surface area (Å²) in [7, 11) is 0. The van der Waals surface area contributed by atoms with Crippen LogP contribution in [0.5, 0.6) is 0 Å². The van der Waals surface area contributed by atoms with Crippen LogP contribution in [0.2, 0.25) is 0 Å². The first-order valence-corrected chi connectivity index (χ1v) is 5.92. The van der Waals surface area contributed by atoms with E-state index in [4.69, 9.17) is 16.6 Å². The minimum absolute atomic E-state index is 0.00597. The average molecular weight is 257 g/mol. The van der Waals surface area contributed by atoms with Crippen molar-refractivity contribution in [3.63, 3.8) is 0 Å². The maximum atomic E-state index is 11.6. The van der Waals surface area contributed by atoms with Gasteiger partial charge in [0.15, 0.2) is 0 Å². The zero-order valence-corrected chi connectivity index (χ0v) is 10.1. The van der Waals surface area contributed by atoms with E-state index in [-0.39, 0.29) is 19.3 Å². The number of carboxylic acid groups (broad SMARTS) is 1. The SMILES string of the molecule is NC(=O)CCC(NC(=O)CC1(N)CCC1)C(=O)O. The van der Waals surface area contributed by atoms with Crippen LogP contribution < -0.4 is 16.8 Å². The van der Waals surface area contributed by atoms with Gasteiger partial charge in [0, 0.05) is 18.4 Å². The molecule has 0 aliphatic heterocycles. The molecule has 0 aromatic heterocycles. The van der Waals surface area contributed by atoms with Crippen LogP contribution in [0, 0.1) is 0 Å². The van der Waals surface area contributed by atoms with Crippen molar-refractivity contribution in [3.05, 3.63) is 0 Å². The van der Waals surface area contributed by atoms with Gasteiger partial charge in [0.1, 0.15) is 6.04 Å². The van der Waals surface area contributed by atoms with Gasteiger partial charge in [0.25, 0.3) is 0 Å². The molecule has 7 heteroatoms. The lowest BCUT2D eigenvalue weighted by molar-refractivity contribution is -0.142. The van der Waals surface area contributed by atoms with Gasteiger partial charge in [-0.1, -0.05) is 0 Å². The van der Waals surface area contributed by atoms with Gasteiger partial charge in [0.05, 0.1) is 0 Å². The molecule has 2 amide bonds. The van der Waals surface area contributed by atoms with Gasteiger partial charge in [0.2, 0.25) is 11.8 Å². The minimum Gasteiger partial charge on any atom is -0.480 e. The van der Waals surface area contributed by atoms with Crippen molar-refractivity contribution >= 4 is 17.8 Å². The molecule has 102 valence electrons. The van der Waals surface area contributed by atoms with E-state index in [0.29, 0.717) is 0 Å². The topological polar surface area (TPSA) is 136 Å². The highest BCUT2D eigenvalue weighted by atomic mass is 16.4. The lowest BCUT2D eigenvalue weighted by Crippen LogP contribution is -2.52. The average Bonchev–Trinajstić information content (AvgIpc) is 2.21. The monoisotopic (exact) mass is 257 g/mol. The van der Waals surface area contributed by atoms with E-state index in [2.05, 4.69) is 5.32 Å². The summed E-state index contributed by atoms with van der Waals surface area (Å²) in [5, 5.41) is 11.3. The Morgan fingerprint density at radius 3 is 2.33 bits per heavy atom. The second kappa shape index (κ2) is 5.81. The molecule has 0 heterocycles. The Morgan fingerprint density at radius 1 is 1.33 bits per heavy atom. The molecule has 6 N–H and O–H groups in total. The molecule has 0 spiro atoms. The quantitative estimate of drug-likeness (QED) is 0.468. The Labute approximate surface area is 105 Å². The van der Waals surface area contributed by atoms with Gasteiger partial charge in [-0.2, -0.15) is 0 Å². The molecule has 0 bridgehead atoms. The van der Waals surface area contributed by atoms with Crippen LogP contribution in [0.15, 0.2) is 0 Å². The fourth-order valence-corrected chi connectivity index (χ4v) is 1.92. The summed E-state index contributed by atoms with van der Waals surface area (Å²) in [4.78, 5) is 33.1. The fraction of sp³-hybridized carbons (Fsp3) is 0.727. The summed E-state index contributed by atoms with van der Waals surface area (Å²) in [6, 6.07) is -1.09. The third-order valence-electron chi connectivity index (χ3n) is 3.17. The number of carbonyl (C=O) groups is 3. The van der Waals surface area contributed by atoms with Gasteiger partial charge >= 0.3 is 5.97 Å². The summed E-state index contributed by atoms with van der Waals surface area (Å²) in [5.41, 5.74) is 10.3. The van der Waals surface area contributed by atoms with E-state index in [0.717, 1.165) is 19.3 Å². The highest BCUT2D eigenvalue weighted by molar-refractivity contribution is 5.84. The number of hydrogen-bond acceptors (Lipinski definition) is 4. The van der Waals surface area contributed by atoms with Crippen molar-refractivity contribution in [2.24, 2.45) is 11.5 Å². The normalized spacial score (nSPS) is 18.5. The highest BCUT2D eigenvalue weighted by Crippen LogP contribution is 2.31. The first-order chi connectivity index (χ1) is 8.32. The molecule has 7 nitrogen and oxygen atoms in total. The molecule has 0 aromatic carbocycles. The maximum Gasteiger partial charge on any atom is 0.326 e. The minimum atomic E-state index is -1.18. The number of carbonyl (C=O) groups excluding carboxylic acids is 2. The Balaban J connectivity index is 2.42. The zero-order valence-electron chi connectivity index (χ0n) is 10.1. The van der Waals surface area contributed by atoms with Gasteiger partial charge in [-0.25, -0.2) is 4.79 Å². The van der Waals surface area contributed by atoms with Crippen molar-refractivity contribution in [1.29, 1.82) is 0 Å². The molecule has 1 saturated carbocycles. The number of nitrogens with one attached hydrogen (secondary N) is 1. The van der Waals surface area contributed by atoms with Crippen LogP contribution in [0.1, 0.15) is 38.5 Å². The third-order valence-corrected chi connectivity index (χ3v) is 3.17. The largest absolute Gasteiger partial charge is 0.480 e. The maximum absolute atomic E-state index is 11.6. The Morgan fingerprint density at radius 2 is 1.94 bits per heavy atom.